The van der Waals surface area contributed by atoms with Gasteiger partial charge in [0.05, 0.1) is 7.11 Å². The van der Waals surface area contributed by atoms with Crippen molar-refractivity contribution in [3.05, 3.63) is 54.7 Å². The van der Waals surface area contributed by atoms with E-state index in [2.05, 4.69) is 47.6 Å². The van der Waals surface area contributed by atoms with Crippen LogP contribution in [0.4, 0.5) is 0 Å². The van der Waals surface area contributed by atoms with Crippen LogP contribution in [-0.4, -0.2) is 48.7 Å². The Balaban J connectivity index is 1.38. The van der Waals surface area contributed by atoms with Gasteiger partial charge in [-0.15, -0.1) is 0 Å². The molecule has 5 nitrogen and oxygen atoms in total. The molecule has 1 aliphatic rings. The van der Waals surface area contributed by atoms with Crippen molar-refractivity contribution in [2.75, 3.05) is 27.2 Å². The summed E-state index contributed by atoms with van der Waals surface area (Å²) in [6.07, 6.45) is 8.60. The zero-order valence-corrected chi connectivity index (χ0v) is 18.6. The SMILES string of the molecule is COc1cccc(-c2ccc3ccn(CC(=O)NCCN(C)C4CCCCC4)c3c2)c1. The van der Waals surface area contributed by atoms with Gasteiger partial charge in [-0.05, 0) is 60.7 Å². The third-order valence-corrected chi connectivity index (χ3v) is 6.48. The average molecular weight is 420 g/mol. The lowest BCUT2D eigenvalue weighted by atomic mass is 9.94. The normalized spacial score (nSPS) is 14.8. The van der Waals surface area contributed by atoms with E-state index in [4.69, 9.17) is 4.74 Å². The maximum Gasteiger partial charge on any atom is 0.239 e. The third-order valence-electron chi connectivity index (χ3n) is 6.48. The molecule has 0 radical (unpaired) electrons. The molecule has 0 saturated heterocycles. The van der Waals surface area contributed by atoms with Crippen LogP contribution in [0.15, 0.2) is 54.7 Å². The van der Waals surface area contributed by atoms with Gasteiger partial charge in [0, 0.05) is 30.8 Å². The zero-order valence-electron chi connectivity index (χ0n) is 18.6. The number of hydrogen-bond donors (Lipinski definition) is 1. The number of fused-ring (bicyclic) bond motifs is 1. The van der Waals surface area contributed by atoms with Gasteiger partial charge in [-0.1, -0.05) is 43.5 Å². The molecular formula is C26H33N3O2. The predicted octanol–water partition coefficient (Wildman–Crippen LogP) is 4.70. The van der Waals surface area contributed by atoms with Gasteiger partial charge in [0.25, 0.3) is 0 Å². The van der Waals surface area contributed by atoms with Crippen LogP contribution < -0.4 is 10.1 Å². The first-order valence-electron chi connectivity index (χ1n) is 11.3. The topological polar surface area (TPSA) is 46.5 Å². The van der Waals surface area contributed by atoms with Crippen molar-refractivity contribution >= 4 is 16.8 Å². The van der Waals surface area contributed by atoms with Crippen LogP contribution in [0.5, 0.6) is 5.75 Å². The molecule has 0 aliphatic heterocycles. The van der Waals surface area contributed by atoms with Gasteiger partial charge in [-0.3, -0.25) is 4.79 Å². The molecule has 1 heterocycles. The van der Waals surface area contributed by atoms with Crippen LogP contribution >= 0.6 is 0 Å². The maximum atomic E-state index is 12.6. The van der Waals surface area contributed by atoms with E-state index < -0.39 is 0 Å². The zero-order chi connectivity index (χ0) is 21.6. The Kier molecular flexibility index (Phi) is 6.92. The molecule has 1 N–H and O–H groups in total. The summed E-state index contributed by atoms with van der Waals surface area (Å²) in [7, 11) is 3.86. The fourth-order valence-corrected chi connectivity index (χ4v) is 4.59. The molecule has 2 aromatic carbocycles. The van der Waals surface area contributed by atoms with Crippen molar-refractivity contribution in [3.8, 4) is 16.9 Å². The van der Waals surface area contributed by atoms with Crippen molar-refractivity contribution in [2.24, 2.45) is 0 Å². The Morgan fingerprint density at radius 2 is 1.90 bits per heavy atom. The van der Waals surface area contributed by atoms with Gasteiger partial charge in [0.2, 0.25) is 5.91 Å². The summed E-state index contributed by atoms with van der Waals surface area (Å²) in [5.74, 6) is 0.895. The van der Waals surface area contributed by atoms with E-state index >= 15 is 0 Å². The molecule has 164 valence electrons. The van der Waals surface area contributed by atoms with Crippen LogP contribution in [-0.2, 0) is 11.3 Å². The quantitative estimate of drug-likeness (QED) is 0.576. The highest BCUT2D eigenvalue weighted by molar-refractivity contribution is 5.87. The van der Waals surface area contributed by atoms with E-state index in [1.54, 1.807) is 7.11 Å². The summed E-state index contributed by atoms with van der Waals surface area (Å²) in [6, 6.07) is 17.2. The molecule has 31 heavy (non-hydrogen) atoms. The van der Waals surface area contributed by atoms with Crippen LogP contribution in [0.1, 0.15) is 32.1 Å². The second kappa shape index (κ2) is 10.0. The largest absolute Gasteiger partial charge is 0.497 e. The Morgan fingerprint density at radius 3 is 2.71 bits per heavy atom. The lowest BCUT2D eigenvalue weighted by molar-refractivity contribution is -0.121. The number of amides is 1. The number of aromatic nitrogens is 1. The first-order valence-corrected chi connectivity index (χ1v) is 11.3. The second-order valence-corrected chi connectivity index (χ2v) is 8.57. The summed E-state index contributed by atoms with van der Waals surface area (Å²) in [4.78, 5) is 15.0. The van der Waals surface area contributed by atoms with E-state index in [1.165, 1.54) is 32.1 Å². The van der Waals surface area contributed by atoms with Crippen molar-refractivity contribution in [1.29, 1.82) is 0 Å². The molecule has 4 rings (SSSR count). The van der Waals surface area contributed by atoms with Gasteiger partial charge < -0.3 is 19.5 Å². The lowest BCUT2D eigenvalue weighted by Crippen LogP contribution is -2.40. The van der Waals surface area contributed by atoms with Crippen molar-refractivity contribution in [3.63, 3.8) is 0 Å². The monoisotopic (exact) mass is 419 g/mol. The smallest absolute Gasteiger partial charge is 0.239 e. The molecule has 1 aliphatic carbocycles. The van der Waals surface area contributed by atoms with E-state index in [-0.39, 0.29) is 5.91 Å². The molecule has 1 amide bonds. The van der Waals surface area contributed by atoms with E-state index in [0.717, 1.165) is 34.3 Å². The highest BCUT2D eigenvalue weighted by Crippen LogP contribution is 2.27. The van der Waals surface area contributed by atoms with Crippen LogP contribution in [0, 0.1) is 0 Å². The average Bonchev–Trinajstić information content (AvgIpc) is 3.21. The molecule has 1 saturated carbocycles. The van der Waals surface area contributed by atoms with E-state index in [0.29, 0.717) is 19.1 Å². The summed E-state index contributed by atoms with van der Waals surface area (Å²) >= 11 is 0. The van der Waals surface area contributed by atoms with Gasteiger partial charge in [-0.2, -0.15) is 0 Å². The summed E-state index contributed by atoms with van der Waals surface area (Å²) in [6.45, 7) is 1.93. The third kappa shape index (κ3) is 5.28. The fourth-order valence-electron chi connectivity index (χ4n) is 4.59. The number of hydrogen-bond acceptors (Lipinski definition) is 3. The number of methoxy groups -OCH3 is 1. The number of carbonyl (C=O) groups is 1. The van der Waals surface area contributed by atoms with E-state index in [1.807, 2.05) is 29.0 Å². The van der Waals surface area contributed by atoms with E-state index in [9.17, 15) is 4.79 Å². The number of likely N-dealkylation sites (N-methyl/N-ethyl adjacent to an activating group) is 1. The molecule has 5 heteroatoms. The summed E-state index contributed by atoms with van der Waals surface area (Å²) < 4.78 is 7.38. The standard InChI is InChI=1S/C26H33N3O2/c1-28(23-8-4-3-5-9-23)16-14-27-26(30)19-29-15-13-20-11-12-22(18-25(20)29)21-7-6-10-24(17-21)31-2/h6-7,10-13,15,17-18,23H,3-5,8-9,14,16,19H2,1-2H3,(H,27,30). The summed E-state index contributed by atoms with van der Waals surface area (Å²) in [5, 5.41) is 4.23. The Bertz CT molecular complexity index is 1020. The number of ether oxygens (including phenoxy) is 1. The Labute approximate surface area is 185 Å². The molecule has 0 unspecified atom stereocenters. The van der Waals surface area contributed by atoms with Gasteiger partial charge in [-0.25, -0.2) is 0 Å². The maximum absolute atomic E-state index is 12.6. The summed E-state index contributed by atoms with van der Waals surface area (Å²) in [5.41, 5.74) is 3.28. The molecule has 1 aromatic heterocycles. The number of benzene rings is 2. The number of nitrogens with zero attached hydrogens (tertiary/aromatic N) is 2. The number of nitrogens with one attached hydrogen (secondary N) is 1. The lowest BCUT2D eigenvalue weighted by Gasteiger charge is -2.31. The Morgan fingerprint density at radius 1 is 1.10 bits per heavy atom. The highest BCUT2D eigenvalue weighted by Gasteiger charge is 2.17. The highest BCUT2D eigenvalue weighted by atomic mass is 16.5. The number of carbonyl (C=O) groups excluding carboxylic acids is 1. The van der Waals surface area contributed by atoms with Crippen LogP contribution in [0.25, 0.3) is 22.0 Å². The molecule has 0 spiro atoms. The van der Waals surface area contributed by atoms with Crippen molar-refractivity contribution < 1.29 is 9.53 Å². The molecular weight excluding hydrogens is 386 g/mol. The predicted molar refractivity (Wildman–Crippen MR) is 126 cm³/mol. The minimum Gasteiger partial charge on any atom is -0.497 e. The van der Waals surface area contributed by atoms with Gasteiger partial charge >= 0.3 is 0 Å². The van der Waals surface area contributed by atoms with Gasteiger partial charge in [0.15, 0.2) is 0 Å². The molecule has 3 aromatic rings. The molecule has 1 fully saturated rings. The molecule has 0 atom stereocenters. The number of rotatable bonds is 8. The minimum absolute atomic E-state index is 0.0568. The van der Waals surface area contributed by atoms with Crippen molar-refractivity contribution in [2.45, 2.75) is 44.7 Å². The van der Waals surface area contributed by atoms with Crippen LogP contribution in [0.2, 0.25) is 0 Å². The fraction of sp³-hybridized carbons (Fsp3) is 0.423. The van der Waals surface area contributed by atoms with Crippen molar-refractivity contribution in [1.82, 2.24) is 14.8 Å². The second-order valence-electron chi connectivity index (χ2n) is 8.57. The van der Waals surface area contributed by atoms with Gasteiger partial charge in [0.1, 0.15) is 12.3 Å². The van der Waals surface area contributed by atoms with Crippen LogP contribution in [0.3, 0.4) is 0 Å². The first-order chi connectivity index (χ1) is 15.1. The Hall–Kier alpha value is -2.79. The first kappa shape index (κ1) is 21.4. The molecule has 0 bridgehead atoms. The minimum atomic E-state index is 0.0568.